The maximum Gasteiger partial charge on any atom is 0.122 e. The second kappa shape index (κ2) is 7.10. The Kier molecular flexibility index (Phi) is 4.53. The minimum atomic E-state index is 0.0560. The fourth-order valence-electron chi connectivity index (χ4n) is 2.18. The molecule has 4 aromatic rings. The second-order valence-corrected chi connectivity index (χ2v) is 5.12. The van der Waals surface area contributed by atoms with Gasteiger partial charge in [0.15, 0.2) is 0 Å². The molecule has 0 unspecified atom stereocenters. The molecule has 7 heteroatoms. The SMILES string of the molecule is N#Cc1ccc2cncnc2c1.N=C(N)c1ccc2cncnc2c1. The lowest BCUT2D eigenvalue weighted by Crippen LogP contribution is -2.10. The predicted molar refractivity (Wildman–Crippen MR) is 94.8 cm³/mol. The minimum Gasteiger partial charge on any atom is -0.384 e. The highest BCUT2D eigenvalue weighted by atomic mass is 14.8. The van der Waals surface area contributed by atoms with Crippen LogP contribution in [0.25, 0.3) is 21.8 Å². The average molecular weight is 327 g/mol. The predicted octanol–water partition coefficient (Wildman–Crippen LogP) is 2.42. The Bertz CT molecular complexity index is 1100. The van der Waals surface area contributed by atoms with Crippen molar-refractivity contribution in [2.24, 2.45) is 5.73 Å². The molecule has 0 aliphatic carbocycles. The van der Waals surface area contributed by atoms with E-state index in [-0.39, 0.29) is 5.84 Å². The summed E-state index contributed by atoms with van der Waals surface area (Å²) in [7, 11) is 0. The Labute approximate surface area is 143 Å². The van der Waals surface area contributed by atoms with Crippen LogP contribution < -0.4 is 5.73 Å². The summed E-state index contributed by atoms with van der Waals surface area (Å²) in [6, 6.07) is 12.8. The molecule has 2 aromatic heterocycles. The van der Waals surface area contributed by atoms with E-state index in [1.165, 1.54) is 12.7 Å². The van der Waals surface area contributed by atoms with E-state index in [0.717, 1.165) is 21.8 Å². The second-order valence-electron chi connectivity index (χ2n) is 5.12. The molecule has 0 spiro atoms. The number of nitriles is 1. The van der Waals surface area contributed by atoms with Crippen LogP contribution in [0.15, 0.2) is 61.4 Å². The van der Waals surface area contributed by atoms with Crippen molar-refractivity contribution in [1.29, 1.82) is 10.7 Å². The first kappa shape index (κ1) is 16.0. The lowest BCUT2D eigenvalue weighted by molar-refractivity contribution is 1.22. The van der Waals surface area contributed by atoms with Crippen molar-refractivity contribution in [2.45, 2.75) is 0 Å². The van der Waals surface area contributed by atoms with Crippen LogP contribution in [0.5, 0.6) is 0 Å². The van der Waals surface area contributed by atoms with E-state index in [2.05, 4.69) is 26.0 Å². The molecule has 0 saturated heterocycles. The molecule has 0 aliphatic heterocycles. The van der Waals surface area contributed by atoms with Crippen LogP contribution in [0.2, 0.25) is 0 Å². The van der Waals surface area contributed by atoms with Crippen LogP contribution in [0.3, 0.4) is 0 Å². The number of nitrogen functional groups attached to an aromatic ring is 1. The van der Waals surface area contributed by atoms with E-state index < -0.39 is 0 Å². The van der Waals surface area contributed by atoms with Crippen molar-refractivity contribution < 1.29 is 0 Å². The number of amidine groups is 1. The van der Waals surface area contributed by atoms with Crippen LogP contribution >= 0.6 is 0 Å². The zero-order valence-corrected chi connectivity index (χ0v) is 13.1. The molecular formula is C18H13N7. The van der Waals surface area contributed by atoms with E-state index in [1.807, 2.05) is 12.1 Å². The zero-order valence-electron chi connectivity index (χ0n) is 13.1. The molecule has 0 bridgehead atoms. The molecule has 3 N–H and O–H groups in total. The highest BCUT2D eigenvalue weighted by Crippen LogP contribution is 2.11. The Morgan fingerprint density at radius 3 is 2.12 bits per heavy atom. The number of hydrogen-bond donors (Lipinski definition) is 2. The summed E-state index contributed by atoms with van der Waals surface area (Å²) in [5, 5.41) is 17.8. The Hall–Kier alpha value is -3.92. The summed E-state index contributed by atoms with van der Waals surface area (Å²) in [5.41, 5.74) is 8.27. The van der Waals surface area contributed by atoms with Gasteiger partial charge in [-0.3, -0.25) is 5.41 Å². The molecule has 0 atom stereocenters. The van der Waals surface area contributed by atoms with E-state index in [0.29, 0.717) is 11.1 Å². The van der Waals surface area contributed by atoms with Crippen molar-refractivity contribution in [3.8, 4) is 6.07 Å². The number of fused-ring (bicyclic) bond motifs is 2. The lowest BCUT2D eigenvalue weighted by atomic mass is 10.1. The highest BCUT2D eigenvalue weighted by Gasteiger charge is 1.98. The third kappa shape index (κ3) is 3.71. The first-order valence-electron chi connectivity index (χ1n) is 7.31. The maximum atomic E-state index is 8.60. The number of nitrogens with zero attached hydrogens (tertiary/aromatic N) is 5. The largest absolute Gasteiger partial charge is 0.384 e. The van der Waals surface area contributed by atoms with Crippen LogP contribution in [0, 0.1) is 16.7 Å². The summed E-state index contributed by atoms with van der Waals surface area (Å²) in [6.45, 7) is 0. The maximum absolute atomic E-state index is 8.60. The first-order valence-corrected chi connectivity index (χ1v) is 7.31. The molecular weight excluding hydrogens is 314 g/mol. The molecule has 0 radical (unpaired) electrons. The van der Waals surface area contributed by atoms with Crippen molar-refractivity contribution >= 4 is 27.6 Å². The summed E-state index contributed by atoms with van der Waals surface area (Å²) in [5.74, 6) is 0.0560. The minimum absolute atomic E-state index is 0.0560. The van der Waals surface area contributed by atoms with Gasteiger partial charge in [0, 0.05) is 28.7 Å². The van der Waals surface area contributed by atoms with E-state index >= 15 is 0 Å². The first-order chi connectivity index (χ1) is 12.2. The van der Waals surface area contributed by atoms with Gasteiger partial charge in [-0.05, 0) is 24.3 Å². The van der Waals surface area contributed by atoms with Crippen molar-refractivity contribution in [3.05, 3.63) is 72.6 Å². The molecule has 120 valence electrons. The van der Waals surface area contributed by atoms with Gasteiger partial charge in [-0.25, -0.2) is 19.9 Å². The summed E-state index contributed by atoms with van der Waals surface area (Å²) in [6.07, 6.45) is 6.41. The van der Waals surface area contributed by atoms with Gasteiger partial charge in [0.05, 0.1) is 22.7 Å². The Morgan fingerprint density at radius 2 is 1.52 bits per heavy atom. The summed E-state index contributed by atoms with van der Waals surface area (Å²) >= 11 is 0. The molecule has 0 saturated carbocycles. The van der Waals surface area contributed by atoms with Gasteiger partial charge >= 0.3 is 0 Å². The smallest absolute Gasteiger partial charge is 0.122 e. The summed E-state index contributed by atoms with van der Waals surface area (Å²) < 4.78 is 0. The molecule has 4 rings (SSSR count). The number of aromatic nitrogens is 4. The van der Waals surface area contributed by atoms with Gasteiger partial charge < -0.3 is 5.73 Å². The van der Waals surface area contributed by atoms with Crippen LogP contribution in [-0.4, -0.2) is 25.8 Å². The molecule has 2 aromatic carbocycles. The number of benzene rings is 2. The highest BCUT2D eigenvalue weighted by molar-refractivity contribution is 5.98. The topological polar surface area (TPSA) is 125 Å². The van der Waals surface area contributed by atoms with Crippen LogP contribution in [0.1, 0.15) is 11.1 Å². The zero-order chi connectivity index (χ0) is 17.6. The third-order valence-electron chi connectivity index (χ3n) is 3.46. The van der Waals surface area contributed by atoms with Crippen molar-refractivity contribution in [1.82, 2.24) is 19.9 Å². The fraction of sp³-hybridized carbons (Fsp3) is 0. The van der Waals surface area contributed by atoms with Crippen LogP contribution in [-0.2, 0) is 0 Å². The van der Waals surface area contributed by atoms with Gasteiger partial charge in [0.1, 0.15) is 18.5 Å². The molecule has 0 amide bonds. The number of rotatable bonds is 1. The Morgan fingerprint density at radius 1 is 0.920 bits per heavy atom. The number of nitrogens with two attached hydrogens (primary N) is 1. The molecule has 2 heterocycles. The molecule has 0 aliphatic rings. The van der Waals surface area contributed by atoms with Gasteiger partial charge in [0.2, 0.25) is 0 Å². The molecule has 25 heavy (non-hydrogen) atoms. The average Bonchev–Trinajstić information content (AvgIpc) is 2.67. The quantitative estimate of drug-likeness (QED) is 0.408. The van der Waals surface area contributed by atoms with E-state index in [9.17, 15) is 0 Å². The molecule has 7 nitrogen and oxygen atoms in total. The van der Waals surface area contributed by atoms with E-state index in [1.54, 1.807) is 36.7 Å². The van der Waals surface area contributed by atoms with Crippen molar-refractivity contribution in [3.63, 3.8) is 0 Å². The van der Waals surface area contributed by atoms with E-state index in [4.69, 9.17) is 16.4 Å². The van der Waals surface area contributed by atoms with Gasteiger partial charge in [0.25, 0.3) is 0 Å². The van der Waals surface area contributed by atoms with Gasteiger partial charge in [-0.15, -0.1) is 0 Å². The standard InChI is InChI=1S/C9H8N4.C9H5N3/c10-9(11)6-1-2-7-4-12-5-13-8(7)3-6;10-4-7-1-2-8-5-11-6-12-9(8)3-7/h1-5H,(H3,10,11);1-3,5-6H. The normalized spacial score (nSPS) is 9.88. The number of hydrogen-bond acceptors (Lipinski definition) is 6. The van der Waals surface area contributed by atoms with Crippen molar-refractivity contribution in [2.75, 3.05) is 0 Å². The Balaban J connectivity index is 0.000000146. The molecule has 0 fully saturated rings. The van der Waals surface area contributed by atoms with Gasteiger partial charge in [-0.2, -0.15) is 5.26 Å². The number of nitrogens with one attached hydrogen (secondary N) is 1. The monoisotopic (exact) mass is 327 g/mol. The fourth-order valence-corrected chi connectivity index (χ4v) is 2.18. The van der Waals surface area contributed by atoms with Gasteiger partial charge in [-0.1, -0.05) is 12.1 Å². The summed E-state index contributed by atoms with van der Waals surface area (Å²) in [4.78, 5) is 15.9. The lowest BCUT2D eigenvalue weighted by Gasteiger charge is -1.99. The third-order valence-corrected chi connectivity index (χ3v) is 3.46. The van der Waals surface area contributed by atoms with Crippen LogP contribution in [0.4, 0.5) is 0 Å².